The number of carbonyl (C=O) groups is 1. The van der Waals surface area contributed by atoms with Gasteiger partial charge in [0.05, 0.1) is 12.7 Å². The van der Waals surface area contributed by atoms with Crippen molar-refractivity contribution in [2.24, 2.45) is 0 Å². The molecule has 2 atom stereocenters. The average Bonchev–Trinajstić information content (AvgIpc) is 2.88. The van der Waals surface area contributed by atoms with E-state index in [1.165, 1.54) is 0 Å². The Hall–Kier alpha value is -0.595. The first-order valence-corrected chi connectivity index (χ1v) is 9.66. The van der Waals surface area contributed by atoms with Crippen molar-refractivity contribution in [1.82, 2.24) is 5.32 Å². The molecular weight excluding hydrogens is 324 g/mol. The highest BCUT2D eigenvalue weighted by Crippen LogP contribution is 2.35. The molecule has 8 nitrogen and oxygen atoms in total. The molecule has 0 aromatic carbocycles. The average molecular weight is 351 g/mol. The van der Waals surface area contributed by atoms with Gasteiger partial charge in [-0.15, -0.1) is 0 Å². The number of amides is 1. The fourth-order valence-electron chi connectivity index (χ4n) is 2.36. The third-order valence-corrected chi connectivity index (χ3v) is 4.09. The number of hydrogen-bond acceptors (Lipinski definition) is 5. The first-order chi connectivity index (χ1) is 10.9. The van der Waals surface area contributed by atoms with Gasteiger partial charge in [-0.3, -0.25) is 4.52 Å². The van der Waals surface area contributed by atoms with Gasteiger partial charge in [0.2, 0.25) is 0 Å². The minimum Gasteiger partial charge on any atom is -0.447 e. The van der Waals surface area contributed by atoms with Crippen LogP contribution in [-0.2, 0) is 18.6 Å². The molecule has 0 saturated carbocycles. The molecule has 1 aliphatic heterocycles. The monoisotopic (exact) mass is 351 g/mol. The molecule has 0 bridgehead atoms. The van der Waals surface area contributed by atoms with Crippen molar-refractivity contribution in [1.29, 1.82) is 0 Å². The van der Waals surface area contributed by atoms with Crippen molar-refractivity contribution in [3.63, 3.8) is 0 Å². The second kappa shape index (κ2) is 11.0. The van der Waals surface area contributed by atoms with Crippen LogP contribution in [0.3, 0.4) is 0 Å². The Kier molecular flexibility index (Phi) is 9.82. The van der Waals surface area contributed by atoms with E-state index < -0.39 is 13.9 Å². The summed E-state index contributed by atoms with van der Waals surface area (Å²) in [6.45, 7) is 0.923. The van der Waals surface area contributed by atoms with Crippen molar-refractivity contribution >= 4 is 21.8 Å². The molecule has 0 spiro atoms. The number of phosphoric acid groups is 1. The van der Waals surface area contributed by atoms with Gasteiger partial charge in [-0.25, -0.2) is 9.36 Å². The molecule has 2 unspecified atom stereocenters. The number of alkyl carbamates (subject to hydrolysis) is 1. The van der Waals surface area contributed by atoms with Gasteiger partial charge < -0.3 is 24.6 Å². The normalized spacial score (nSPS) is 21.3. The summed E-state index contributed by atoms with van der Waals surface area (Å²) < 4.78 is 25.4. The van der Waals surface area contributed by atoms with Crippen molar-refractivity contribution < 1.29 is 33.1 Å². The maximum atomic E-state index is 11.5. The van der Waals surface area contributed by atoms with Crippen LogP contribution in [0.5, 0.6) is 0 Å². The van der Waals surface area contributed by atoms with Crippen molar-refractivity contribution in [2.75, 3.05) is 19.8 Å². The summed E-state index contributed by atoms with van der Waals surface area (Å²) in [5.41, 5.74) is 0. The molecule has 0 aromatic heterocycles. The lowest BCUT2D eigenvalue weighted by atomic mass is 9.97. The smallest absolute Gasteiger partial charge is 0.447 e. The summed E-state index contributed by atoms with van der Waals surface area (Å²) in [4.78, 5) is 28.5. The van der Waals surface area contributed by atoms with Gasteiger partial charge in [-0.1, -0.05) is 19.3 Å². The molecular formula is C13H27BNO7P. The Morgan fingerprint density at radius 3 is 2.57 bits per heavy atom. The summed E-state index contributed by atoms with van der Waals surface area (Å²) in [6.07, 6.45) is 5.69. The van der Waals surface area contributed by atoms with Gasteiger partial charge in [0.1, 0.15) is 14.5 Å². The van der Waals surface area contributed by atoms with Crippen molar-refractivity contribution in [3.05, 3.63) is 0 Å². The van der Waals surface area contributed by atoms with Crippen LogP contribution >= 0.6 is 7.82 Å². The fraction of sp³-hybridized carbons (Fsp3) is 0.923. The van der Waals surface area contributed by atoms with Crippen LogP contribution in [0.2, 0.25) is 0 Å². The van der Waals surface area contributed by atoms with Crippen LogP contribution in [0.25, 0.3) is 0 Å². The Morgan fingerprint density at radius 1 is 1.22 bits per heavy atom. The van der Waals surface area contributed by atoms with E-state index in [1.54, 1.807) is 0 Å². The second-order valence-electron chi connectivity index (χ2n) is 5.76. The maximum Gasteiger partial charge on any atom is 0.469 e. The number of ether oxygens (including phenoxy) is 2. The molecule has 134 valence electrons. The first-order valence-electron chi connectivity index (χ1n) is 8.13. The summed E-state index contributed by atoms with van der Waals surface area (Å²) in [6, 6.07) is 0.249. The van der Waals surface area contributed by atoms with Crippen LogP contribution in [0.1, 0.15) is 44.9 Å². The molecule has 10 heteroatoms. The van der Waals surface area contributed by atoms with E-state index >= 15 is 0 Å². The Balaban J connectivity index is 1.85. The van der Waals surface area contributed by atoms with E-state index in [-0.39, 0.29) is 18.7 Å². The number of hydrogen-bond donors (Lipinski definition) is 3. The number of nitrogens with one attached hydrogen (secondary N) is 1. The fourth-order valence-corrected chi connectivity index (χ4v) is 2.73. The van der Waals surface area contributed by atoms with Crippen LogP contribution in [0.4, 0.5) is 4.79 Å². The molecule has 0 radical (unpaired) electrons. The standard InChI is InChI=1S/C13H27BNO7P/c14-12-7-6-11(22-12)10-20-13(16)15-8-4-2-1-3-5-9-21-23(17,18)19/h11-12H,1-10,14H2,(H,15,16)(H2,17,18,19). The molecule has 1 fully saturated rings. The topological polar surface area (TPSA) is 114 Å². The largest absolute Gasteiger partial charge is 0.469 e. The Bertz CT molecular complexity index is 393. The molecule has 0 aromatic rings. The zero-order valence-corrected chi connectivity index (χ0v) is 14.5. The number of phosphoric ester groups is 1. The lowest BCUT2D eigenvalue weighted by Gasteiger charge is -2.12. The van der Waals surface area contributed by atoms with Gasteiger partial charge in [0.25, 0.3) is 0 Å². The lowest BCUT2D eigenvalue weighted by molar-refractivity contribution is 0.0313. The van der Waals surface area contributed by atoms with Gasteiger partial charge >= 0.3 is 13.9 Å². The minimum atomic E-state index is -4.33. The quantitative estimate of drug-likeness (QED) is 0.288. The molecule has 0 aliphatic carbocycles. The van der Waals surface area contributed by atoms with Crippen LogP contribution in [0.15, 0.2) is 0 Å². The van der Waals surface area contributed by atoms with E-state index in [2.05, 4.69) is 9.84 Å². The number of unbranched alkanes of at least 4 members (excludes halogenated alkanes) is 4. The van der Waals surface area contributed by atoms with Gasteiger partial charge in [0.15, 0.2) is 0 Å². The van der Waals surface area contributed by atoms with E-state index in [0.29, 0.717) is 19.6 Å². The maximum absolute atomic E-state index is 11.5. The zero-order chi connectivity index (χ0) is 17.1. The zero-order valence-electron chi connectivity index (χ0n) is 13.6. The van der Waals surface area contributed by atoms with Crippen LogP contribution < -0.4 is 5.32 Å². The molecule has 1 heterocycles. The predicted octanol–water partition coefficient (Wildman–Crippen LogP) is 0.911. The highest BCUT2D eigenvalue weighted by Gasteiger charge is 2.22. The minimum absolute atomic E-state index is 0.0196. The first kappa shape index (κ1) is 20.4. The van der Waals surface area contributed by atoms with E-state index in [0.717, 1.165) is 38.5 Å². The molecule has 1 aliphatic rings. The van der Waals surface area contributed by atoms with E-state index in [9.17, 15) is 9.36 Å². The van der Waals surface area contributed by atoms with Crippen molar-refractivity contribution in [3.8, 4) is 0 Å². The highest BCUT2D eigenvalue weighted by molar-refractivity contribution is 7.46. The lowest BCUT2D eigenvalue weighted by Crippen LogP contribution is -2.28. The Labute approximate surface area is 137 Å². The molecule has 1 rings (SSSR count). The molecule has 3 N–H and O–H groups in total. The number of carbonyl (C=O) groups excluding carboxylic acids is 1. The Morgan fingerprint density at radius 2 is 1.91 bits per heavy atom. The van der Waals surface area contributed by atoms with E-state index in [1.807, 2.05) is 7.85 Å². The SMILES string of the molecule is BC1CCC(COC(=O)NCCCCCCCOP(=O)(O)O)O1. The van der Waals surface area contributed by atoms with Gasteiger partial charge in [-0.05, 0) is 25.7 Å². The third kappa shape index (κ3) is 11.6. The number of rotatable bonds is 11. The predicted molar refractivity (Wildman–Crippen MR) is 86.9 cm³/mol. The summed E-state index contributed by atoms with van der Waals surface area (Å²) >= 11 is 0. The van der Waals surface area contributed by atoms with E-state index in [4.69, 9.17) is 19.3 Å². The second-order valence-corrected chi connectivity index (χ2v) is 7.00. The molecule has 23 heavy (non-hydrogen) atoms. The summed E-state index contributed by atoms with van der Waals surface area (Å²) in [7, 11) is -2.32. The summed E-state index contributed by atoms with van der Waals surface area (Å²) in [5, 5.41) is 2.70. The van der Waals surface area contributed by atoms with Crippen LogP contribution in [0, 0.1) is 0 Å². The summed E-state index contributed by atoms with van der Waals surface area (Å²) in [5.74, 6) is 0. The molecule has 1 amide bonds. The third-order valence-electron chi connectivity index (χ3n) is 3.57. The van der Waals surface area contributed by atoms with Gasteiger partial charge in [-0.2, -0.15) is 0 Å². The van der Waals surface area contributed by atoms with Crippen LogP contribution in [-0.4, -0.2) is 55.6 Å². The highest BCUT2D eigenvalue weighted by atomic mass is 31.2. The van der Waals surface area contributed by atoms with Gasteiger partial charge in [0, 0.05) is 12.5 Å². The van der Waals surface area contributed by atoms with Crippen molar-refractivity contribution in [2.45, 2.75) is 57.1 Å². The molecule has 1 saturated heterocycles.